The second-order valence-electron chi connectivity index (χ2n) is 1.93. The highest BCUT2D eigenvalue weighted by Crippen LogP contribution is 1.74. The molecule has 0 aromatic rings. The zero-order valence-corrected chi connectivity index (χ0v) is 6.26. The summed E-state index contributed by atoms with van der Waals surface area (Å²) in [5.74, 6) is 0. The van der Waals surface area contributed by atoms with Crippen molar-refractivity contribution in [3.63, 3.8) is 0 Å². The lowest BCUT2D eigenvalue weighted by atomic mass is 10.5. The zero-order chi connectivity index (χ0) is 7.11. The molecule has 0 aliphatic heterocycles. The Bertz CT molecular complexity index is 111. The maximum absolute atomic E-state index is 3.87. The molecule has 0 atom stereocenters. The van der Waals surface area contributed by atoms with Crippen LogP contribution in [0.15, 0.2) is 10.1 Å². The Morgan fingerprint density at radius 1 is 1.44 bits per heavy atom. The van der Waals surface area contributed by atoms with Crippen molar-refractivity contribution in [2.45, 2.75) is 13.3 Å². The molecule has 0 amide bonds. The fraction of sp³-hybridized carbons (Fsp3) is 0.833. The van der Waals surface area contributed by atoms with Crippen LogP contribution < -0.4 is 0 Å². The van der Waals surface area contributed by atoms with E-state index in [-0.39, 0.29) is 0 Å². The van der Waals surface area contributed by atoms with Gasteiger partial charge in [0.05, 0.1) is 0 Å². The van der Waals surface area contributed by atoms with E-state index in [1.54, 1.807) is 5.01 Å². The molecule has 0 aliphatic carbocycles. The van der Waals surface area contributed by atoms with E-state index in [1.165, 1.54) is 0 Å². The van der Waals surface area contributed by atoms with E-state index in [1.807, 2.05) is 14.1 Å². The average molecular weight is 127 g/mol. The second kappa shape index (κ2) is 5.32. The molecule has 3 heteroatoms. The Hall–Kier alpha value is -0.820. The van der Waals surface area contributed by atoms with E-state index in [2.05, 4.69) is 23.0 Å². The minimum atomic E-state index is 0.817. The van der Waals surface area contributed by atoms with Crippen molar-refractivity contribution in [3.05, 3.63) is 0 Å². The summed E-state index contributed by atoms with van der Waals surface area (Å²) in [4.78, 5) is 3.87. The fourth-order valence-corrected chi connectivity index (χ4v) is 0.283. The lowest BCUT2D eigenvalue weighted by Crippen LogP contribution is -1.99. The third-order valence-corrected chi connectivity index (χ3v) is 0.651. The predicted molar refractivity (Wildman–Crippen MR) is 38.7 cm³/mol. The van der Waals surface area contributed by atoms with Crippen molar-refractivity contribution in [2.75, 3.05) is 20.6 Å². The van der Waals surface area contributed by atoms with Crippen LogP contribution in [0.2, 0.25) is 0 Å². The minimum absolute atomic E-state index is 0.817. The monoisotopic (exact) mass is 127 g/mol. The van der Waals surface area contributed by atoms with Crippen LogP contribution in [-0.4, -0.2) is 31.7 Å². The standard InChI is InChI=1S/C6H13N3/c1-4-5-7-6-8-9(2)3/h4-5H2,1-3H3. The molecule has 0 bridgehead atoms. The van der Waals surface area contributed by atoms with Crippen LogP contribution >= 0.6 is 0 Å². The number of rotatable bonds is 3. The Morgan fingerprint density at radius 2 is 2.11 bits per heavy atom. The fourth-order valence-electron chi connectivity index (χ4n) is 0.283. The van der Waals surface area contributed by atoms with Gasteiger partial charge in [0.2, 0.25) is 0 Å². The quantitative estimate of drug-likeness (QED) is 0.411. The molecule has 0 aromatic carbocycles. The van der Waals surface area contributed by atoms with Gasteiger partial charge in [0.25, 0.3) is 0 Å². The highest BCUT2D eigenvalue weighted by molar-refractivity contribution is 5.40. The van der Waals surface area contributed by atoms with Gasteiger partial charge >= 0.3 is 0 Å². The first-order valence-electron chi connectivity index (χ1n) is 3.06. The molecule has 0 unspecified atom stereocenters. The van der Waals surface area contributed by atoms with Crippen LogP contribution in [0.5, 0.6) is 0 Å². The molecule has 0 spiro atoms. The topological polar surface area (TPSA) is 28.0 Å². The molecule has 0 fully saturated rings. The summed E-state index contributed by atoms with van der Waals surface area (Å²) in [5.41, 5.74) is 0. The second-order valence-corrected chi connectivity index (χ2v) is 1.93. The third kappa shape index (κ3) is 7.18. The van der Waals surface area contributed by atoms with E-state index in [0.29, 0.717) is 0 Å². The maximum Gasteiger partial charge on any atom is 0.114 e. The molecular weight excluding hydrogens is 114 g/mol. The molecule has 0 radical (unpaired) electrons. The number of hydrazone groups is 1. The van der Waals surface area contributed by atoms with Gasteiger partial charge in [-0.25, -0.2) is 4.99 Å². The maximum atomic E-state index is 3.87. The molecule has 3 nitrogen and oxygen atoms in total. The molecule has 52 valence electrons. The van der Waals surface area contributed by atoms with Gasteiger partial charge in [0.1, 0.15) is 6.01 Å². The molecule has 0 heterocycles. The summed E-state index contributed by atoms with van der Waals surface area (Å²) in [6.45, 7) is 2.89. The lowest BCUT2D eigenvalue weighted by Gasteiger charge is -1.96. The van der Waals surface area contributed by atoms with E-state index >= 15 is 0 Å². The van der Waals surface area contributed by atoms with Crippen LogP contribution in [0.25, 0.3) is 0 Å². The molecule has 0 aliphatic rings. The molecule has 0 rings (SSSR count). The van der Waals surface area contributed by atoms with Gasteiger partial charge in [-0.2, -0.15) is 0 Å². The first-order valence-corrected chi connectivity index (χ1v) is 3.06. The Balaban J connectivity index is 3.41. The van der Waals surface area contributed by atoms with Gasteiger partial charge in [-0.3, -0.25) is 5.01 Å². The van der Waals surface area contributed by atoms with Crippen molar-refractivity contribution >= 4 is 6.01 Å². The SMILES string of the molecule is CCCN=C=NN(C)C. The highest BCUT2D eigenvalue weighted by atomic mass is 15.4. The molecule has 0 aromatic heterocycles. The largest absolute Gasteiger partial charge is 0.294 e. The number of hydrogen-bond acceptors (Lipinski definition) is 3. The van der Waals surface area contributed by atoms with Crippen LogP contribution in [-0.2, 0) is 0 Å². The Morgan fingerprint density at radius 3 is 2.56 bits per heavy atom. The molecule has 0 saturated carbocycles. The summed E-state index contributed by atoms with van der Waals surface area (Å²) in [6.07, 6.45) is 1.05. The normalized spacial score (nSPS) is 7.89. The van der Waals surface area contributed by atoms with Crippen molar-refractivity contribution in [2.24, 2.45) is 10.1 Å². The summed E-state index contributed by atoms with van der Waals surface area (Å²) in [5, 5.41) is 5.44. The van der Waals surface area contributed by atoms with Crippen molar-refractivity contribution < 1.29 is 0 Å². The van der Waals surface area contributed by atoms with Gasteiger partial charge in [0, 0.05) is 20.6 Å². The molecular formula is C6H13N3. The van der Waals surface area contributed by atoms with E-state index in [9.17, 15) is 0 Å². The smallest absolute Gasteiger partial charge is 0.114 e. The first kappa shape index (κ1) is 8.18. The third-order valence-electron chi connectivity index (χ3n) is 0.651. The molecule has 0 N–H and O–H groups in total. The van der Waals surface area contributed by atoms with E-state index in [0.717, 1.165) is 13.0 Å². The average Bonchev–Trinajstić information content (AvgIpc) is 1.80. The van der Waals surface area contributed by atoms with Gasteiger partial charge in [-0.05, 0) is 6.42 Å². The number of aliphatic imine (C=N–C) groups is 1. The van der Waals surface area contributed by atoms with E-state index in [4.69, 9.17) is 0 Å². The van der Waals surface area contributed by atoms with Crippen molar-refractivity contribution in [3.8, 4) is 0 Å². The van der Waals surface area contributed by atoms with Crippen molar-refractivity contribution in [1.29, 1.82) is 0 Å². The number of nitrogens with zero attached hydrogens (tertiary/aromatic N) is 3. The lowest BCUT2D eigenvalue weighted by molar-refractivity contribution is 0.440. The summed E-state index contributed by atoms with van der Waals surface area (Å²) in [7, 11) is 3.68. The van der Waals surface area contributed by atoms with Crippen molar-refractivity contribution in [1.82, 2.24) is 5.01 Å². The van der Waals surface area contributed by atoms with Gasteiger partial charge < -0.3 is 0 Å². The minimum Gasteiger partial charge on any atom is -0.294 e. The van der Waals surface area contributed by atoms with Crippen LogP contribution in [0.4, 0.5) is 0 Å². The van der Waals surface area contributed by atoms with Gasteiger partial charge in [-0.15, -0.1) is 5.10 Å². The predicted octanol–water partition coefficient (Wildman–Crippen LogP) is 1.05. The summed E-state index contributed by atoms with van der Waals surface area (Å²) < 4.78 is 0. The molecule has 0 saturated heterocycles. The highest BCUT2D eigenvalue weighted by Gasteiger charge is 1.71. The Kier molecular flexibility index (Phi) is 4.83. The number of hydrogen-bond donors (Lipinski definition) is 0. The first-order chi connectivity index (χ1) is 4.27. The van der Waals surface area contributed by atoms with Crippen LogP contribution in [0.1, 0.15) is 13.3 Å². The van der Waals surface area contributed by atoms with Gasteiger partial charge in [-0.1, -0.05) is 6.92 Å². The van der Waals surface area contributed by atoms with E-state index < -0.39 is 0 Å². The van der Waals surface area contributed by atoms with Crippen LogP contribution in [0, 0.1) is 0 Å². The van der Waals surface area contributed by atoms with Gasteiger partial charge in [0.15, 0.2) is 0 Å². The molecule has 9 heavy (non-hydrogen) atoms. The Labute approximate surface area is 56.1 Å². The van der Waals surface area contributed by atoms with Crippen LogP contribution in [0.3, 0.4) is 0 Å². The zero-order valence-electron chi connectivity index (χ0n) is 6.26. The summed E-state index contributed by atoms with van der Waals surface area (Å²) >= 11 is 0. The summed E-state index contributed by atoms with van der Waals surface area (Å²) in [6, 6.07) is 2.56.